The summed E-state index contributed by atoms with van der Waals surface area (Å²) < 4.78 is 38.3. The molecule has 0 aliphatic heterocycles. The summed E-state index contributed by atoms with van der Waals surface area (Å²) in [5, 5.41) is 2.97. The second-order valence-electron chi connectivity index (χ2n) is 5.49. The lowest BCUT2D eigenvalue weighted by Crippen LogP contribution is -2.33. The van der Waals surface area contributed by atoms with E-state index >= 15 is 0 Å². The SMILES string of the molecule is CCCNC(N)=NCC1(c2cccc(C(F)(F)F)c2)CC1. The molecule has 3 nitrogen and oxygen atoms in total. The quantitative estimate of drug-likeness (QED) is 0.648. The minimum Gasteiger partial charge on any atom is -0.370 e. The first kappa shape index (κ1) is 15.7. The fourth-order valence-corrected chi connectivity index (χ4v) is 2.26. The van der Waals surface area contributed by atoms with E-state index in [0.29, 0.717) is 18.1 Å². The maximum Gasteiger partial charge on any atom is 0.416 e. The Labute approximate surface area is 122 Å². The Morgan fingerprint density at radius 2 is 2.10 bits per heavy atom. The highest BCUT2D eigenvalue weighted by Crippen LogP contribution is 2.49. The highest BCUT2D eigenvalue weighted by Gasteiger charge is 2.45. The molecule has 0 aromatic heterocycles. The first-order valence-electron chi connectivity index (χ1n) is 7.09. The van der Waals surface area contributed by atoms with E-state index in [1.54, 1.807) is 6.07 Å². The van der Waals surface area contributed by atoms with Gasteiger partial charge in [-0.05, 0) is 30.9 Å². The molecule has 0 unspecified atom stereocenters. The van der Waals surface area contributed by atoms with Gasteiger partial charge in [-0.15, -0.1) is 0 Å². The number of guanidine groups is 1. The van der Waals surface area contributed by atoms with E-state index < -0.39 is 11.7 Å². The molecule has 1 aromatic rings. The molecule has 0 atom stereocenters. The number of hydrogen-bond donors (Lipinski definition) is 2. The van der Waals surface area contributed by atoms with Crippen molar-refractivity contribution in [3.63, 3.8) is 0 Å². The molecule has 1 saturated carbocycles. The summed E-state index contributed by atoms with van der Waals surface area (Å²) in [6.45, 7) is 3.19. The second-order valence-corrected chi connectivity index (χ2v) is 5.49. The molecule has 116 valence electrons. The van der Waals surface area contributed by atoms with Gasteiger partial charge in [0.15, 0.2) is 5.96 Å². The first-order chi connectivity index (χ1) is 9.87. The van der Waals surface area contributed by atoms with Crippen LogP contribution >= 0.6 is 0 Å². The molecule has 1 aliphatic carbocycles. The third-order valence-corrected chi connectivity index (χ3v) is 3.76. The maximum absolute atomic E-state index is 12.8. The fourth-order valence-electron chi connectivity index (χ4n) is 2.26. The van der Waals surface area contributed by atoms with E-state index in [-0.39, 0.29) is 5.41 Å². The second kappa shape index (κ2) is 5.95. The van der Waals surface area contributed by atoms with Crippen molar-refractivity contribution in [1.29, 1.82) is 0 Å². The Morgan fingerprint density at radius 1 is 1.38 bits per heavy atom. The van der Waals surface area contributed by atoms with Gasteiger partial charge >= 0.3 is 6.18 Å². The molecule has 1 aliphatic rings. The van der Waals surface area contributed by atoms with Crippen LogP contribution in [0.4, 0.5) is 13.2 Å². The van der Waals surface area contributed by atoms with Gasteiger partial charge in [-0.3, -0.25) is 4.99 Å². The molecule has 3 N–H and O–H groups in total. The van der Waals surface area contributed by atoms with Gasteiger partial charge in [-0.2, -0.15) is 13.2 Å². The van der Waals surface area contributed by atoms with Crippen LogP contribution in [0.2, 0.25) is 0 Å². The smallest absolute Gasteiger partial charge is 0.370 e. The van der Waals surface area contributed by atoms with Crippen molar-refractivity contribution in [3.05, 3.63) is 35.4 Å². The molecule has 1 aromatic carbocycles. The number of nitrogens with zero attached hydrogens (tertiary/aromatic N) is 1. The molecule has 0 bridgehead atoms. The van der Waals surface area contributed by atoms with Crippen LogP contribution in [0.15, 0.2) is 29.3 Å². The molecule has 2 rings (SSSR count). The number of benzene rings is 1. The van der Waals surface area contributed by atoms with Crippen LogP contribution < -0.4 is 11.1 Å². The molecule has 0 saturated heterocycles. The zero-order valence-corrected chi connectivity index (χ0v) is 12.0. The van der Waals surface area contributed by atoms with Crippen LogP contribution in [0.1, 0.15) is 37.3 Å². The summed E-state index contributed by atoms with van der Waals surface area (Å²) in [5.41, 5.74) is 5.55. The zero-order valence-electron chi connectivity index (χ0n) is 12.0. The van der Waals surface area contributed by atoms with Gasteiger partial charge in [0.1, 0.15) is 0 Å². The molecule has 1 fully saturated rings. The minimum atomic E-state index is -4.31. The van der Waals surface area contributed by atoms with E-state index in [9.17, 15) is 13.2 Å². The maximum atomic E-state index is 12.8. The number of alkyl halides is 3. The highest BCUT2D eigenvalue weighted by atomic mass is 19.4. The van der Waals surface area contributed by atoms with Gasteiger partial charge in [-0.25, -0.2) is 0 Å². The first-order valence-corrected chi connectivity index (χ1v) is 7.09. The molecule has 0 heterocycles. The predicted octanol–water partition coefficient (Wildman–Crippen LogP) is 3.05. The monoisotopic (exact) mass is 299 g/mol. The molecular weight excluding hydrogens is 279 g/mol. The molecule has 0 amide bonds. The summed E-state index contributed by atoms with van der Waals surface area (Å²) in [6, 6.07) is 5.53. The van der Waals surface area contributed by atoms with Gasteiger partial charge in [0.05, 0.1) is 12.1 Å². The van der Waals surface area contributed by atoms with E-state index in [1.807, 2.05) is 6.92 Å². The highest BCUT2D eigenvalue weighted by molar-refractivity contribution is 5.77. The van der Waals surface area contributed by atoms with Gasteiger partial charge in [-0.1, -0.05) is 25.1 Å². The molecular formula is C15H20F3N3. The number of halogens is 3. The lowest BCUT2D eigenvalue weighted by Gasteiger charge is -2.16. The Balaban J connectivity index is 2.10. The Bertz CT molecular complexity index is 519. The number of aliphatic imine (C=N–C) groups is 1. The fraction of sp³-hybridized carbons (Fsp3) is 0.533. The number of nitrogens with two attached hydrogens (primary N) is 1. The van der Waals surface area contributed by atoms with Crippen LogP contribution in [-0.4, -0.2) is 19.0 Å². The number of hydrogen-bond acceptors (Lipinski definition) is 1. The summed E-state index contributed by atoms with van der Waals surface area (Å²) in [6.07, 6.45) is -1.68. The zero-order chi connectivity index (χ0) is 15.5. The van der Waals surface area contributed by atoms with E-state index in [2.05, 4.69) is 10.3 Å². The van der Waals surface area contributed by atoms with E-state index in [0.717, 1.165) is 31.9 Å². The Hall–Kier alpha value is -1.72. The Morgan fingerprint density at radius 3 is 2.67 bits per heavy atom. The lowest BCUT2D eigenvalue weighted by molar-refractivity contribution is -0.137. The van der Waals surface area contributed by atoms with Crippen LogP contribution in [-0.2, 0) is 11.6 Å². The summed E-state index contributed by atoms with van der Waals surface area (Å²) >= 11 is 0. The largest absolute Gasteiger partial charge is 0.416 e. The lowest BCUT2D eigenvalue weighted by atomic mass is 9.94. The predicted molar refractivity (Wildman–Crippen MR) is 77.1 cm³/mol. The molecule has 6 heteroatoms. The summed E-state index contributed by atoms with van der Waals surface area (Å²) in [4.78, 5) is 4.27. The van der Waals surface area contributed by atoms with Crippen molar-refractivity contribution in [2.24, 2.45) is 10.7 Å². The molecule has 0 spiro atoms. The van der Waals surface area contributed by atoms with Crippen molar-refractivity contribution in [2.75, 3.05) is 13.1 Å². The third kappa shape index (κ3) is 3.89. The van der Waals surface area contributed by atoms with Gasteiger partial charge in [0.2, 0.25) is 0 Å². The molecule has 21 heavy (non-hydrogen) atoms. The third-order valence-electron chi connectivity index (χ3n) is 3.76. The summed E-state index contributed by atoms with van der Waals surface area (Å²) in [5.74, 6) is 0.357. The van der Waals surface area contributed by atoms with Crippen LogP contribution in [0.25, 0.3) is 0 Å². The normalized spacial score (nSPS) is 17.6. The van der Waals surface area contributed by atoms with Gasteiger partial charge in [0, 0.05) is 12.0 Å². The van der Waals surface area contributed by atoms with Crippen molar-refractivity contribution in [1.82, 2.24) is 5.32 Å². The van der Waals surface area contributed by atoms with Crippen molar-refractivity contribution in [3.8, 4) is 0 Å². The number of nitrogens with one attached hydrogen (secondary N) is 1. The number of rotatable bonds is 5. The summed E-state index contributed by atoms with van der Waals surface area (Å²) in [7, 11) is 0. The van der Waals surface area contributed by atoms with Crippen LogP contribution in [0.3, 0.4) is 0 Å². The average molecular weight is 299 g/mol. The van der Waals surface area contributed by atoms with Crippen molar-refractivity contribution >= 4 is 5.96 Å². The average Bonchev–Trinajstić information content (AvgIpc) is 3.23. The molecule has 0 radical (unpaired) electrons. The van der Waals surface area contributed by atoms with E-state index in [4.69, 9.17) is 5.73 Å². The standard InChI is InChI=1S/C15H20F3N3/c1-2-8-20-13(19)21-10-14(6-7-14)11-4-3-5-12(9-11)15(16,17)18/h3-5,9H,2,6-8,10H2,1H3,(H3,19,20,21). The topological polar surface area (TPSA) is 50.4 Å². The minimum absolute atomic E-state index is 0.278. The van der Waals surface area contributed by atoms with Gasteiger partial charge < -0.3 is 11.1 Å². The van der Waals surface area contributed by atoms with Crippen molar-refractivity contribution in [2.45, 2.75) is 37.8 Å². The Kier molecular flexibility index (Phi) is 4.44. The van der Waals surface area contributed by atoms with Crippen molar-refractivity contribution < 1.29 is 13.2 Å². The van der Waals surface area contributed by atoms with E-state index in [1.165, 1.54) is 12.1 Å². The van der Waals surface area contributed by atoms with Crippen LogP contribution in [0.5, 0.6) is 0 Å². The van der Waals surface area contributed by atoms with Crippen LogP contribution in [0, 0.1) is 0 Å². The van der Waals surface area contributed by atoms with Gasteiger partial charge in [0.25, 0.3) is 0 Å².